The quantitative estimate of drug-likeness (QED) is 0.808. The van der Waals surface area contributed by atoms with Crippen LogP contribution in [0.2, 0.25) is 0 Å². The molecule has 0 fully saturated rings. The molecule has 0 unspecified atom stereocenters. The summed E-state index contributed by atoms with van der Waals surface area (Å²) >= 11 is 5.78. The second-order valence-corrected chi connectivity index (χ2v) is 4.67. The molecule has 2 heteroatoms. The monoisotopic (exact) mass is 260 g/mol. The molecular weight excluding hydrogens is 244 g/mol. The lowest BCUT2D eigenvalue weighted by Crippen LogP contribution is -1.96. The van der Waals surface area contributed by atoms with E-state index in [1.165, 1.54) is 5.56 Å². The molecule has 0 saturated heterocycles. The van der Waals surface area contributed by atoms with Crippen LogP contribution < -0.4 is 0 Å². The average molecular weight is 261 g/mol. The van der Waals surface area contributed by atoms with Gasteiger partial charge < -0.3 is 5.11 Å². The lowest BCUT2D eigenvalue weighted by Gasteiger charge is -2.12. The first-order valence-electron chi connectivity index (χ1n) is 6.22. The Morgan fingerprint density at radius 2 is 1.78 bits per heavy atom. The third-order valence-electron chi connectivity index (χ3n) is 3.15. The molecule has 0 amide bonds. The van der Waals surface area contributed by atoms with Crippen molar-refractivity contribution in [2.75, 3.05) is 5.88 Å². The molecule has 0 radical (unpaired) electrons. The fourth-order valence-corrected chi connectivity index (χ4v) is 2.40. The molecule has 2 aromatic rings. The van der Waals surface area contributed by atoms with E-state index in [1.807, 2.05) is 24.3 Å². The molecule has 0 heterocycles. The summed E-state index contributed by atoms with van der Waals surface area (Å²) < 4.78 is 0. The number of halogens is 1. The maximum atomic E-state index is 10.1. The van der Waals surface area contributed by atoms with Crippen molar-refractivity contribution in [2.45, 2.75) is 19.8 Å². The van der Waals surface area contributed by atoms with Gasteiger partial charge in [-0.1, -0.05) is 43.3 Å². The van der Waals surface area contributed by atoms with Gasteiger partial charge in [-0.05, 0) is 41.2 Å². The van der Waals surface area contributed by atoms with Gasteiger partial charge in [-0.3, -0.25) is 0 Å². The van der Waals surface area contributed by atoms with Crippen LogP contribution in [0, 0.1) is 0 Å². The van der Waals surface area contributed by atoms with Gasteiger partial charge in [0.15, 0.2) is 0 Å². The standard InChI is InChI=1S/C16H17ClO/c1-2-12-10-14(13-6-4-3-5-7-13)11-16(18)15(12)8-9-17/h3-7,10-11,18H,2,8-9H2,1H3. The Bertz CT molecular complexity index is 520. The summed E-state index contributed by atoms with van der Waals surface area (Å²) in [4.78, 5) is 0. The van der Waals surface area contributed by atoms with Gasteiger partial charge in [0, 0.05) is 5.88 Å². The number of rotatable bonds is 4. The van der Waals surface area contributed by atoms with Crippen molar-refractivity contribution >= 4 is 11.6 Å². The summed E-state index contributed by atoms with van der Waals surface area (Å²) in [6.07, 6.45) is 1.62. The molecule has 0 bridgehead atoms. The first-order valence-corrected chi connectivity index (χ1v) is 6.75. The van der Waals surface area contributed by atoms with E-state index < -0.39 is 0 Å². The molecule has 1 N–H and O–H groups in total. The first kappa shape index (κ1) is 13.0. The Morgan fingerprint density at radius 1 is 1.06 bits per heavy atom. The van der Waals surface area contributed by atoms with E-state index in [0.717, 1.165) is 23.1 Å². The molecule has 18 heavy (non-hydrogen) atoms. The zero-order chi connectivity index (χ0) is 13.0. The third kappa shape index (κ3) is 2.68. The smallest absolute Gasteiger partial charge is 0.119 e. The SMILES string of the molecule is CCc1cc(-c2ccccc2)cc(O)c1CCCl. The Balaban J connectivity index is 2.49. The number of hydrogen-bond donors (Lipinski definition) is 1. The molecule has 0 atom stereocenters. The number of benzene rings is 2. The fourth-order valence-electron chi connectivity index (χ4n) is 2.21. The van der Waals surface area contributed by atoms with Gasteiger partial charge in [0.05, 0.1) is 0 Å². The predicted octanol–water partition coefficient (Wildman–Crippen LogP) is 4.40. The van der Waals surface area contributed by atoms with Crippen LogP contribution in [0.25, 0.3) is 11.1 Å². The van der Waals surface area contributed by atoms with Crippen LogP contribution in [-0.4, -0.2) is 11.0 Å². The van der Waals surface area contributed by atoms with Crippen LogP contribution in [-0.2, 0) is 12.8 Å². The van der Waals surface area contributed by atoms with E-state index >= 15 is 0 Å². The Labute approximate surface area is 113 Å². The van der Waals surface area contributed by atoms with Crippen molar-refractivity contribution in [2.24, 2.45) is 0 Å². The Kier molecular flexibility index (Phi) is 4.27. The minimum atomic E-state index is 0.355. The molecule has 1 nitrogen and oxygen atoms in total. The van der Waals surface area contributed by atoms with Gasteiger partial charge >= 0.3 is 0 Å². The second-order valence-electron chi connectivity index (χ2n) is 4.29. The minimum absolute atomic E-state index is 0.355. The van der Waals surface area contributed by atoms with Crippen LogP contribution in [0.3, 0.4) is 0 Å². The van der Waals surface area contributed by atoms with Gasteiger partial charge in [-0.25, -0.2) is 0 Å². The number of phenols is 1. The molecular formula is C16H17ClO. The van der Waals surface area contributed by atoms with Gasteiger partial charge in [0.2, 0.25) is 0 Å². The van der Waals surface area contributed by atoms with Crippen LogP contribution in [0.5, 0.6) is 5.75 Å². The number of aryl methyl sites for hydroxylation is 1. The number of aromatic hydroxyl groups is 1. The molecule has 94 valence electrons. The minimum Gasteiger partial charge on any atom is -0.508 e. The number of alkyl halides is 1. The highest BCUT2D eigenvalue weighted by Gasteiger charge is 2.09. The molecule has 0 spiro atoms. The van der Waals surface area contributed by atoms with Crippen molar-refractivity contribution in [3.05, 3.63) is 53.6 Å². The van der Waals surface area contributed by atoms with Crippen LogP contribution >= 0.6 is 11.6 Å². The fraction of sp³-hybridized carbons (Fsp3) is 0.250. The van der Waals surface area contributed by atoms with E-state index in [-0.39, 0.29) is 0 Å². The summed E-state index contributed by atoms with van der Waals surface area (Å²) in [7, 11) is 0. The highest BCUT2D eigenvalue weighted by molar-refractivity contribution is 6.18. The number of hydrogen-bond acceptors (Lipinski definition) is 1. The third-order valence-corrected chi connectivity index (χ3v) is 3.34. The summed E-state index contributed by atoms with van der Waals surface area (Å²) in [5, 5.41) is 10.1. The Hall–Kier alpha value is -1.47. The van der Waals surface area contributed by atoms with Gasteiger partial charge in [0.25, 0.3) is 0 Å². The van der Waals surface area contributed by atoms with Gasteiger partial charge in [0.1, 0.15) is 5.75 Å². The molecule has 0 aliphatic heterocycles. The van der Waals surface area contributed by atoms with Crippen LogP contribution in [0.15, 0.2) is 42.5 Å². The summed E-state index contributed by atoms with van der Waals surface area (Å²) in [5.74, 6) is 0.888. The summed E-state index contributed by atoms with van der Waals surface area (Å²) in [6, 6.07) is 14.1. The van der Waals surface area contributed by atoms with Crippen molar-refractivity contribution in [3.63, 3.8) is 0 Å². The summed E-state index contributed by atoms with van der Waals surface area (Å²) in [6.45, 7) is 2.10. The maximum absolute atomic E-state index is 10.1. The van der Waals surface area contributed by atoms with Gasteiger partial charge in [-0.2, -0.15) is 0 Å². The van der Waals surface area contributed by atoms with Gasteiger partial charge in [-0.15, -0.1) is 11.6 Å². The maximum Gasteiger partial charge on any atom is 0.119 e. The molecule has 0 aliphatic carbocycles. The average Bonchev–Trinajstić information content (AvgIpc) is 2.42. The Morgan fingerprint density at radius 3 is 2.39 bits per heavy atom. The van der Waals surface area contributed by atoms with Crippen molar-refractivity contribution in [1.82, 2.24) is 0 Å². The predicted molar refractivity (Wildman–Crippen MR) is 77.3 cm³/mol. The van der Waals surface area contributed by atoms with Crippen molar-refractivity contribution in [3.8, 4) is 16.9 Å². The van der Waals surface area contributed by atoms with E-state index in [0.29, 0.717) is 18.1 Å². The molecule has 0 aromatic heterocycles. The summed E-state index contributed by atoms with van der Waals surface area (Å²) in [5.41, 5.74) is 4.34. The van der Waals surface area contributed by atoms with Crippen molar-refractivity contribution in [1.29, 1.82) is 0 Å². The van der Waals surface area contributed by atoms with E-state index in [1.54, 1.807) is 0 Å². The molecule has 2 rings (SSSR count). The lowest BCUT2D eigenvalue weighted by atomic mass is 9.95. The molecule has 0 saturated carbocycles. The highest BCUT2D eigenvalue weighted by atomic mass is 35.5. The lowest BCUT2D eigenvalue weighted by molar-refractivity contribution is 0.468. The topological polar surface area (TPSA) is 20.2 Å². The van der Waals surface area contributed by atoms with E-state index in [2.05, 4.69) is 25.1 Å². The molecule has 0 aliphatic rings. The van der Waals surface area contributed by atoms with Crippen LogP contribution in [0.4, 0.5) is 0 Å². The van der Waals surface area contributed by atoms with Crippen molar-refractivity contribution < 1.29 is 5.11 Å². The highest BCUT2D eigenvalue weighted by Crippen LogP contribution is 2.30. The van der Waals surface area contributed by atoms with Crippen LogP contribution in [0.1, 0.15) is 18.1 Å². The van der Waals surface area contributed by atoms with E-state index in [9.17, 15) is 5.11 Å². The normalized spacial score (nSPS) is 10.6. The largest absolute Gasteiger partial charge is 0.508 e. The zero-order valence-electron chi connectivity index (χ0n) is 10.5. The number of phenolic OH excluding ortho intramolecular Hbond substituents is 1. The zero-order valence-corrected chi connectivity index (χ0v) is 11.2. The first-order chi connectivity index (χ1) is 8.76. The molecule has 2 aromatic carbocycles. The second kappa shape index (κ2) is 5.92. The van der Waals surface area contributed by atoms with E-state index in [4.69, 9.17) is 11.6 Å².